The summed E-state index contributed by atoms with van der Waals surface area (Å²) in [5.41, 5.74) is 6.95. The molecule has 0 spiro atoms. The van der Waals surface area contributed by atoms with E-state index in [0.717, 1.165) is 44.5 Å². The Morgan fingerprint density at radius 2 is 1.24 bits per heavy atom. The predicted octanol–water partition coefficient (Wildman–Crippen LogP) is 8.61. The van der Waals surface area contributed by atoms with E-state index < -0.39 is 11.9 Å². The Morgan fingerprint density at radius 1 is 0.643 bits per heavy atom. The number of oxime groups is 2. The molecule has 0 N–H and O–H groups in total. The van der Waals surface area contributed by atoms with Crippen LogP contribution in [0.5, 0.6) is 0 Å². The molecule has 1 aromatic heterocycles. The molecule has 0 aliphatic heterocycles. The topological polar surface area (TPSA) is 80.6 Å². The lowest BCUT2D eigenvalue weighted by Gasteiger charge is -2.28. The molecule has 4 aromatic carbocycles. The van der Waals surface area contributed by atoms with Crippen LogP contribution in [0.1, 0.15) is 38.8 Å². The van der Waals surface area contributed by atoms with E-state index in [0.29, 0.717) is 11.4 Å². The van der Waals surface area contributed by atoms with Crippen LogP contribution in [0.3, 0.4) is 0 Å². The number of thiophene rings is 1. The largest absolute Gasteiger partial charge is 0.331 e. The molecule has 7 nitrogen and oxygen atoms in total. The molecular formula is C34H29N3O4S. The highest BCUT2D eigenvalue weighted by Crippen LogP contribution is 2.41. The number of carbonyl (C=O) groups excluding carboxylic acids is 2. The van der Waals surface area contributed by atoms with Crippen molar-refractivity contribution in [3.8, 4) is 10.4 Å². The van der Waals surface area contributed by atoms with Gasteiger partial charge in [0, 0.05) is 41.0 Å². The molecule has 210 valence electrons. The standard InChI is InChI=1S/C34H29N3O4S/c1-22(35-40-24(3)38)26-11-15-28(16-12-26)37(29-17-13-27(14-18-29)34-10-7-21-42-34)33-20-19-30(23(2)36-41-25(4)39)31-8-5-6-9-32(31)33/h5-21H,1-4H3/b35-22-,36-23-. The van der Waals surface area contributed by atoms with Crippen molar-refractivity contribution < 1.29 is 19.3 Å². The van der Waals surface area contributed by atoms with Crippen molar-refractivity contribution in [2.45, 2.75) is 27.7 Å². The molecule has 0 unspecified atom stereocenters. The second-order valence-electron chi connectivity index (χ2n) is 9.60. The maximum atomic E-state index is 11.4. The van der Waals surface area contributed by atoms with Crippen LogP contribution in [0.25, 0.3) is 21.2 Å². The third kappa shape index (κ3) is 6.29. The number of fused-ring (bicyclic) bond motifs is 1. The van der Waals surface area contributed by atoms with E-state index in [1.165, 1.54) is 18.7 Å². The summed E-state index contributed by atoms with van der Waals surface area (Å²) >= 11 is 1.71. The van der Waals surface area contributed by atoms with E-state index in [1.807, 2.05) is 55.5 Å². The third-order valence-electron chi connectivity index (χ3n) is 6.63. The van der Waals surface area contributed by atoms with Gasteiger partial charge < -0.3 is 14.6 Å². The Bertz CT molecular complexity index is 1790. The summed E-state index contributed by atoms with van der Waals surface area (Å²) in [7, 11) is 0. The van der Waals surface area contributed by atoms with Gasteiger partial charge in [-0.15, -0.1) is 11.3 Å². The lowest BCUT2D eigenvalue weighted by Crippen LogP contribution is -2.12. The first-order valence-electron chi connectivity index (χ1n) is 13.3. The van der Waals surface area contributed by atoms with E-state index >= 15 is 0 Å². The van der Waals surface area contributed by atoms with Gasteiger partial charge in [0.25, 0.3) is 0 Å². The highest BCUT2D eigenvalue weighted by atomic mass is 32.1. The van der Waals surface area contributed by atoms with Crippen molar-refractivity contribution in [2.24, 2.45) is 10.3 Å². The van der Waals surface area contributed by atoms with E-state index in [4.69, 9.17) is 9.68 Å². The number of nitrogens with zero attached hydrogens (tertiary/aromatic N) is 3. The van der Waals surface area contributed by atoms with Gasteiger partial charge in [0.1, 0.15) is 0 Å². The molecule has 0 amide bonds. The van der Waals surface area contributed by atoms with Gasteiger partial charge in [0.15, 0.2) is 0 Å². The van der Waals surface area contributed by atoms with Crippen LogP contribution in [-0.4, -0.2) is 23.4 Å². The summed E-state index contributed by atoms with van der Waals surface area (Å²) in [6.45, 7) is 6.27. The minimum atomic E-state index is -0.468. The van der Waals surface area contributed by atoms with Gasteiger partial charge in [-0.3, -0.25) is 0 Å². The Labute approximate surface area is 248 Å². The van der Waals surface area contributed by atoms with Gasteiger partial charge in [0.2, 0.25) is 0 Å². The zero-order chi connectivity index (χ0) is 29.6. The lowest BCUT2D eigenvalue weighted by atomic mass is 9.98. The van der Waals surface area contributed by atoms with Crippen LogP contribution >= 0.6 is 11.3 Å². The van der Waals surface area contributed by atoms with Gasteiger partial charge in [-0.1, -0.05) is 71.0 Å². The number of rotatable bonds is 8. The first-order valence-corrected chi connectivity index (χ1v) is 14.2. The van der Waals surface area contributed by atoms with Crippen molar-refractivity contribution in [2.75, 3.05) is 4.90 Å². The fourth-order valence-electron chi connectivity index (χ4n) is 4.66. The lowest BCUT2D eigenvalue weighted by molar-refractivity contribution is -0.141. The number of carbonyl (C=O) groups is 2. The molecule has 0 saturated carbocycles. The Hall–Kier alpha value is -5.08. The van der Waals surface area contributed by atoms with Gasteiger partial charge in [-0.2, -0.15) is 0 Å². The Kier molecular flexibility index (Phi) is 8.55. The molecule has 0 saturated heterocycles. The SMILES string of the molecule is CC(=O)O/N=C(/C)c1ccc(N(c2ccc(-c3cccs3)cc2)c2ccc(/C(C)=N\OC(C)=O)c3ccccc23)cc1. The zero-order valence-corrected chi connectivity index (χ0v) is 24.5. The van der Waals surface area contributed by atoms with E-state index in [2.05, 4.69) is 69.1 Å². The number of anilines is 3. The number of hydrogen-bond donors (Lipinski definition) is 0. The molecule has 1 heterocycles. The second-order valence-corrected chi connectivity index (χ2v) is 10.6. The molecule has 0 aliphatic carbocycles. The summed E-state index contributed by atoms with van der Waals surface area (Å²) in [6, 6.07) is 32.8. The van der Waals surface area contributed by atoms with Crippen LogP contribution < -0.4 is 4.90 Å². The maximum absolute atomic E-state index is 11.4. The molecule has 0 aliphatic rings. The molecule has 8 heteroatoms. The minimum absolute atomic E-state index is 0.466. The van der Waals surface area contributed by atoms with Crippen LogP contribution in [0.2, 0.25) is 0 Å². The Morgan fingerprint density at radius 3 is 1.83 bits per heavy atom. The summed E-state index contributed by atoms with van der Waals surface area (Å²) in [6.07, 6.45) is 0. The van der Waals surface area contributed by atoms with Gasteiger partial charge in [0.05, 0.1) is 17.1 Å². The molecule has 0 atom stereocenters. The van der Waals surface area contributed by atoms with Gasteiger partial charge in [-0.25, -0.2) is 9.59 Å². The molecule has 0 bridgehead atoms. The van der Waals surface area contributed by atoms with Gasteiger partial charge in [-0.05, 0) is 72.1 Å². The summed E-state index contributed by atoms with van der Waals surface area (Å²) in [5.74, 6) is -0.935. The monoisotopic (exact) mass is 575 g/mol. The summed E-state index contributed by atoms with van der Waals surface area (Å²) in [5, 5.41) is 12.0. The summed E-state index contributed by atoms with van der Waals surface area (Å²) < 4.78 is 0. The minimum Gasteiger partial charge on any atom is -0.318 e. The molecule has 5 rings (SSSR count). The van der Waals surface area contributed by atoms with E-state index in [1.54, 1.807) is 18.3 Å². The third-order valence-corrected chi connectivity index (χ3v) is 7.55. The highest BCUT2D eigenvalue weighted by molar-refractivity contribution is 7.13. The van der Waals surface area contributed by atoms with Crippen molar-refractivity contribution in [1.29, 1.82) is 0 Å². The second kappa shape index (κ2) is 12.6. The molecule has 0 fully saturated rings. The fraction of sp³-hybridized carbons (Fsp3) is 0.118. The predicted molar refractivity (Wildman–Crippen MR) is 170 cm³/mol. The van der Waals surface area contributed by atoms with Crippen molar-refractivity contribution in [1.82, 2.24) is 0 Å². The van der Waals surface area contributed by atoms with Crippen LogP contribution in [-0.2, 0) is 19.3 Å². The van der Waals surface area contributed by atoms with E-state index in [9.17, 15) is 9.59 Å². The molecule has 5 aromatic rings. The number of hydrogen-bond acceptors (Lipinski definition) is 8. The normalized spacial score (nSPS) is 11.8. The van der Waals surface area contributed by atoms with Crippen LogP contribution in [0, 0.1) is 0 Å². The number of benzene rings is 4. The van der Waals surface area contributed by atoms with Crippen LogP contribution in [0.4, 0.5) is 17.1 Å². The van der Waals surface area contributed by atoms with Crippen molar-refractivity contribution in [3.63, 3.8) is 0 Å². The quantitative estimate of drug-likeness (QED) is 0.105. The van der Waals surface area contributed by atoms with Crippen LogP contribution in [0.15, 0.2) is 113 Å². The highest BCUT2D eigenvalue weighted by Gasteiger charge is 2.18. The van der Waals surface area contributed by atoms with Crippen molar-refractivity contribution in [3.05, 3.63) is 114 Å². The molecular weight excluding hydrogens is 546 g/mol. The maximum Gasteiger partial charge on any atom is 0.331 e. The first kappa shape index (κ1) is 28.4. The average Bonchev–Trinajstić information content (AvgIpc) is 3.55. The summed E-state index contributed by atoms with van der Waals surface area (Å²) in [4.78, 5) is 35.7. The average molecular weight is 576 g/mol. The zero-order valence-electron chi connectivity index (χ0n) is 23.7. The molecule has 0 radical (unpaired) electrons. The van der Waals surface area contributed by atoms with E-state index in [-0.39, 0.29) is 0 Å². The van der Waals surface area contributed by atoms with Gasteiger partial charge >= 0.3 is 11.9 Å². The first-order chi connectivity index (χ1) is 20.3. The smallest absolute Gasteiger partial charge is 0.318 e. The molecule has 42 heavy (non-hydrogen) atoms. The van der Waals surface area contributed by atoms with Crippen molar-refractivity contribution >= 4 is 62.5 Å². The fourth-order valence-corrected chi connectivity index (χ4v) is 5.39. The Balaban J connectivity index is 1.63.